The molecule has 1 heterocycles. The number of pyridine rings is 1. The molecule has 11 heavy (non-hydrogen) atoms. The second-order valence-electron chi connectivity index (χ2n) is 1.74. The molecule has 0 bridgehead atoms. The highest BCUT2D eigenvalue weighted by molar-refractivity contribution is 9.10. The Morgan fingerprint density at radius 3 is 3.27 bits per heavy atom. The van der Waals surface area contributed by atoms with E-state index >= 15 is 0 Å². The van der Waals surface area contributed by atoms with Crippen LogP contribution in [0.5, 0.6) is 0 Å². The van der Waals surface area contributed by atoms with Crippen LogP contribution in [0.1, 0.15) is 28.5 Å². The molecule has 0 spiro atoms. The van der Waals surface area contributed by atoms with Gasteiger partial charge >= 0.3 is 0 Å². The molecule has 0 aliphatic heterocycles. The van der Waals surface area contributed by atoms with Crippen LogP contribution in [0.4, 0.5) is 4.39 Å². The predicted octanol–water partition coefficient (Wildman–Crippen LogP) is 2.94. The van der Waals surface area contributed by atoms with Gasteiger partial charge in [-0.3, -0.25) is 0 Å². The minimum Gasteiger partial charge on any atom is -0.225 e. The Morgan fingerprint density at radius 2 is 2.64 bits per heavy atom. The molecule has 0 saturated carbocycles. The Labute approximate surface area is 83.6 Å². The first-order chi connectivity index (χ1) is 7.89. The molecule has 0 radical (unpaired) electrons. The SMILES string of the molecule is [2H]C([2H])([2H])C([2H])([2H])C([2H])([2H])c1cc(Br)cc(F)n1. The lowest BCUT2D eigenvalue weighted by atomic mass is 10.2. The van der Waals surface area contributed by atoms with E-state index in [9.17, 15) is 4.39 Å². The molecule has 0 aliphatic rings. The van der Waals surface area contributed by atoms with Crippen LogP contribution in [0, 0.1) is 5.95 Å². The largest absolute Gasteiger partial charge is 0.225 e. The number of aromatic nitrogens is 1. The molecule has 0 aliphatic carbocycles. The minimum absolute atomic E-state index is 0.148. The molecule has 1 aromatic rings. The van der Waals surface area contributed by atoms with Gasteiger partial charge in [0.25, 0.3) is 0 Å². The lowest BCUT2D eigenvalue weighted by Gasteiger charge is -1.97. The summed E-state index contributed by atoms with van der Waals surface area (Å²) in [7, 11) is 0. The fraction of sp³-hybridized carbons (Fsp3) is 0.375. The smallest absolute Gasteiger partial charge is 0.214 e. The first kappa shape index (κ1) is 3.13. The van der Waals surface area contributed by atoms with Crippen LogP contribution >= 0.6 is 15.9 Å². The Kier molecular flexibility index (Phi) is 1.08. The average Bonchev–Trinajstić information content (AvgIpc) is 2.13. The first-order valence-corrected chi connectivity index (χ1v) is 3.52. The van der Waals surface area contributed by atoms with Crippen LogP contribution in [0.15, 0.2) is 16.6 Å². The van der Waals surface area contributed by atoms with Crippen molar-refractivity contribution >= 4 is 15.9 Å². The molecule has 60 valence electrons. The summed E-state index contributed by atoms with van der Waals surface area (Å²) in [4.78, 5) is 3.22. The van der Waals surface area contributed by atoms with Crippen molar-refractivity contribution in [3.63, 3.8) is 0 Å². The van der Waals surface area contributed by atoms with E-state index in [1.54, 1.807) is 0 Å². The van der Waals surface area contributed by atoms with Gasteiger partial charge in [-0.25, -0.2) is 4.98 Å². The number of hydrogen-bond acceptors (Lipinski definition) is 1. The first-order valence-electron chi connectivity index (χ1n) is 6.23. The number of aryl methyl sites for hydroxylation is 1. The van der Waals surface area contributed by atoms with Gasteiger partial charge in [-0.2, -0.15) is 4.39 Å². The van der Waals surface area contributed by atoms with Crippen LogP contribution in [-0.4, -0.2) is 4.98 Å². The number of rotatable bonds is 2. The third-order valence-electron chi connectivity index (χ3n) is 0.949. The van der Waals surface area contributed by atoms with Crippen molar-refractivity contribution in [2.24, 2.45) is 0 Å². The fourth-order valence-electron chi connectivity index (χ4n) is 0.594. The van der Waals surface area contributed by atoms with Gasteiger partial charge in [-0.05, 0) is 12.4 Å². The van der Waals surface area contributed by atoms with Crippen molar-refractivity contribution in [3.8, 4) is 0 Å². The predicted molar refractivity (Wildman–Crippen MR) is 45.9 cm³/mol. The van der Waals surface area contributed by atoms with Crippen molar-refractivity contribution in [2.75, 3.05) is 0 Å². The normalized spacial score (nSPS) is 23.3. The zero-order chi connectivity index (χ0) is 14.4. The molecule has 1 rings (SSSR count). The molecule has 0 N–H and O–H groups in total. The van der Waals surface area contributed by atoms with Gasteiger partial charge in [-0.1, -0.05) is 29.2 Å². The summed E-state index contributed by atoms with van der Waals surface area (Å²) in [5.41, 5.74) is -0.615. The average molecular weight is 225 g/mol. The topological polar surface area (TPSA) is 12.9 Å². The minimum atomic E-state index is -3.20. The van der Waals surface area contributed by atoms with E-state index in [1.807, 2.05) is 0 Å². The number of hydrogen-bond donors (Lipinski definition) is 0. The van der Waals surface area contributed by atoms with Crippen molar-refractivity contribution in [3.05, 3.63) is 28.2 Å². The van der Waals surface area contributed by atoms with Crippen LogP contribution in [0.2, 0.25) is 0 Å². The lowest BCUT2D eigenvalue weighted by molar-refractivity contribution is 0.574. The number of nitrogens with zero attached hydrogens (tertiary/aromatic N) is 1. The second kappa shape index (κ2) is 3.81. The third-order valence-corrected chi connectivity index (χ3v) is 1.41. The zero-order valence-electron chi connectivity index (χ0n) is 12.4. The molecule has 0 saturated heterocycles. The van der Waals surface area contributed by atoms with E-state index in [-0.39, 0.29) is 4.47 Å². The van der Waals surface area contributed by atoms with E-state index in [2.05, 4.69) is 20.9 Å². The van der Waals surface area contributed by atoms with Gasteiger partial charge in [0.2, 0.25) is 5.95 Å². The zero-order valence-corrected chi connectivity index (χ0v) is 6.94. The van der Waals surface area contributed by atoms with Crippen molar-refractivity contribution in [1.82, 2.24) is 4.98 Å². The maximum Gasteiger partial charge on any atom is 0.214 e. The van der Waals surface area contributed by atoms with Gasteiger partial charge in [0.15, 0.2) is 0 Å². The molecule has 3 heteroatoms. The Bertz CT molecular complexity index is 439. The van der Waals surface area contributed by atoms with E-state index < -0.39 is 31.2 Å². The van der Waals surface area contributed by atoms with Crippen molar-refractivity contribution in [2.45, 2.75) is 19.6 Å². The Hall–Kier alpha value is -0.440. The van der Waals surface area contributed by atoms with Crippen molar-refractivity contribution in [1.29, 1.82) is 0 Å². The molecule has 0 fully saturated rings. The highest BCUT2D eigenvalue weighted by Gasteiger charge is 1.98. The van der Waals surface area contributed by atoms with E-state index in [1.165, 1.54) is 0 Å². The third kappa shape index (κ3) is 2.58. The van der Waals surface area contributed by atoms with E-state index in [0.717, 1.165) is 12.1 Å². The van der Waals surface area contributed by atoms with Gasteiger partial charge < -0.3 is 0 Å². The molecule has 1 aromatic heterocycles. The monoisotopic (exact) mass is 224 g/mol. The van der Waals surface area contributed by atoms with Gasteiger partial charge in [-0.15, -0.1) is 0 Å². The highest BCUT2D eigenvalue weighted by Crippen LogP contribution is 2.12. The van der Waals surface area contributed by atoms with Crippen LogP contribution in [0.3, 0.4) is 0 Å². The Balaban J connectivity index is 3.37. The van der Waals surface area contributed by atoms with Gasteiger partial charge in [0, 0.05) is 25.8 Å². The standard InChI is InChI=1S/C8H9BrFN/c1-2-3-7-4-6(9)5-8(10)11-7/h4-5H,2-3H2,1H3/i1D3,2D2,3D2. The maximum atomic E-state index is 13.1. The number of halogens is 2. The Morgan fingerprint density at radius 1 is 1.82 bits per heavy atom. The summed E-state index contributed by atoms with van der Waals surface area (Å²) in [5.74, 6) is -1.02. The van der Waals surface area contributed by atoms with Crippen LogP contribution in [-0.2, 0) is 6.37 Å². The molecule has 0 aromatic carbocycles. The van der Waals surface area contributed by atoms with Gasteiger partial charge in [0.05, 0.1) is 0 Å². The second-order valence-corrected chi connectivity index (χ2v) is 2.66. The maximum absolute atomic E-state index is 13.1. The summed E-state index contributed by atoms with van der Waals surface area (Å²) in [6.45, 7) is -3.20. The molecule has 0 atom stereocenters. The summed E-state index contributed by atoms with van der Waals surface area (Å²) < 4.78 is 64.3. The van der Waals surface area contributed by atoms with Crippen LogP contribution < -0.4 is 0 Å². The highest BCUT2D eigenvalue weighted by atomic mass is 79.9. The lowest BCUT2D eigenvalue weighted by Crippen LogP contribution is -1.91. The molecular formula is C8H9BrFN. The summed E-state index contributed by atoms with van der Waals surface area (Å²) >= 11 is 2.91. The fourth-order valence-corrected chi connectivity index (χ4v) is 0.999. The molecule has 1 nitrogen and oxygen atoms in total. The summed E-state index contributed by atoms with van der Waals surface area (Å²) in [6.07, 6.45) is -6.15. The van der Waals surface area contributed by atoms with E-state index in [4.69, 9.17) is 9.60 Å². The molecular weight excluding hydrogens is 209 g/mol. The van der Waals surface area contributed by atoms with Crippen LogP contribution in [0.25, 0.3) is 0 Å². The van der Waals surface area contributed by atoms with Crippen molar-refractivity contribution < 1.29 is 14.0 Å². The van der Waals surface area contributed by atoms with Gasteiger partial charge in [0.1, 0.15) is 0 Å². The summed E-state index contributed by atoms with van der Waals surface area (Å²) in [5, 5.41) is 0. The molecule has 0 amide bonds. The quantitative estimate of drug-likeness (QED) is 0.705. The summed E-state index contributed by atoms with van der Waals surface area (Å²) in [6, 6.07) is 2.01. The molecule has 0 unspecified atom stereocenters. The van der Waals surface area contributed by atoms with E-state index in [0.29, 0.717) is 0 Å².